The molecule has 2 N–H and O–H groups in total. The normalized spacial score (nSPS) is 10.9. The zero-order valence-electron chi connectivity index (χ0n) is 15.6. The minimum absolute atomic E-state index is 0.220. The van der Waals surface area contributed by atoms with Crippen molar-refractivity contribution < 1.29 is 14.3 Å². The maximum absolute atomic E-state index is 12.3. The van der Waals surface area contributed by atoms with E-state index in [4.69, 9.17) is 4.74 Å². The molecule has 0 aliphatic heterocycles. The standard InChI is InChI=1S/C20H25N3O3/c1-20(2,3)23-19(25)17-10-6-9-16(22-17)18(24)21-12-11-14-7-5-8-15(13-14)26-4/h5-10,13H,11-12H2,1-4H3,(H,21,24)(H,23,25). The maximum atomic E-state index is 12.3. The number of nitrogens with zero attached hydrogens (tertiary/aromatic N) is 1. The third kappa shape index (κ3) is 5.88. The van der Waals surface area contributed by atoms with Gasteiger partial charge >= 0.3 is 0 Å². The van der Waals surface area contributed by atoms with Crippen LogP contribution in [0, 0.1) is 0 Å². The molecule has 1 aromatic heterocycles. The highest BCUT2D eigenvalue weighted by molar-refractivity contribution is 5.96. The number of pyridine rings is 1. The topological polar surface area (TPSA) is 80.3 Å². The summed E-state index contributed by atoms with van der Waals surface area (Å²) in [4.78, 5) is 28.6. The maximum Gasteiger partial charge on any atom is 0.270 e. The fourth-order valence-corrected chi connectivity index (χ4v) is 2.33. The number of benzene rings is 1. The number of hydrogen-bond donors (Lipinski definition) is 2. The van der Waals surface area contributed by atoms with Crippen LogP contribution in [0.2, 0.25) is 0 Å². The minimum atomic E-state index is -0.367. The van der Waals surface area contributed by atoms with Gasteiger partial charge in [0.25, 0.3) is 11.8 Å². The van der Waals surface area contributed by atoms with Gasteiger partial charge in [0.05, 0.1) is 7.11 Å². The number of ether oxygens (including phenoxy) is 1. The summed E-state index contributed by atoms with van der Waals surface area (Å²) in [5.74, 6) is 0.176. The smallest absolute Gasteiger partial charge is 0.270 e. The highest BCUT2D eigenvalue weighted by Crippen LogP contribution is 2.12. The summed E-state index contributed by atoms with van der Waals surface area (Å²) < 4.78 is 5.19. The zero-order valence-corrected chi connectivity index (χ0v) is 15.6. The lowest BCUT2D eigenvalue weighted by atomic mass is 10.1. The van der Waals surface area contributed by atoms with Gasteiger partial charge in [0.2, 0.25) is 0 Å². The molecule has 1 aromatic carbocycles. The van der Waals surface area contributed by atoms with Crippen molar-refractivity contribution in [2.45, 2.75) is 32.7 Å². The Bertz CT molecular complexity index is 782. The fraction of sp³-hybridized carbons (Fsp3) is 0.350. The van der Waals surface area contributed by atoms with Crippen LogP contribution in [0.15, 0.2) is 42.5 Å². The molecule has 0 radical (unpaired) electrons. The van der Waals surface area contributed by atoms with Crippen LogP contribution in [-0.4, -0.2) is 36.0 Å². The molecule has 2 aromatic rings. The van der Waals surface area contributed by atoms with Gasteiger partial charge in [-0.1, -0.05) is 18.2 Å². The largest absolute Gasteiger partial charge is 0.497 e. The fourth-order valence-electron chi connectivity index (χ4n) is 2.33. The summed E-state index contributed by atoms with van der Waals surface area (Å²) >= 11 is 0. The molecule has 6 nitrogen and oxygen atoms in total. The average Bonchev–Trinajstić information content (AvgIpc) is 2.60. The number of aromatic nitrogens is 1. The second-order valence-electron chi connectivity index (χ2n) is 6.97. The Hall–Kier alpha value is -2.89. The van der Waals surface area contributed by atoms with Crippen molar-refractivity contribution in [3.63, 3.8) is 0 Å². The second-order valence-corrected chi connectivity index (χ2v) is 6.97. The second kappa shape index (κ2) is 8.47. The number of rotatable bonds is 6. The molecular formula is C20H25N3O3. The van der Waals surface area contributed by atoms with Crippen LogP contribution in [-0.2, 0) is 6.42 Å². The predicted molar refractivity (Wildman–Crippen MR) is 100 cm³/mol. The van der Waals surface area contributed by atoms with E-state index in [1.165, 1.54) is 0 Å². The van der Waals surface area contributed by atoms with Gasteiger partial charge in [-0.25, -0.2) is 4.98 Å². The van der Waals surface area contributed by atoms with Crippen molar-refractivity contribution in [1.29, 1.82) is 0 Å². The SMILES string of the molecule is COc1cccc(CCNC(=O)c2cccc(C(=O)NC(C)(C)C)n2)c1. The van der Waals surface area contributed by atoms with E-state index in [0.717, 1.165) is 11.3 Å². The molecule has 1 heterocycles. The average molecular weight is 355 g/mol. The molecule has 0 spiro atoms. The molecule has 0 fully saturated rings. The molecule has 6 heteroatoms. The highest BCUT2D eigenvalue weighted by Gasteiger charge is 2.17. The van der Waals surface area contributed by atoms with Crippen molar-refractivity contribution in [2.75, 3.05) is 13.7 Å². The van der Waals surface area contributed by atoms with E-state index in [2.05, 4.69) is 15.6 Å². The first-order chi connectivity index (χ1) is 12.3. The van der Waals surface area contributed by atoms with Gasteiger partial charge in [-0.2, -0.15) is 0 Å². The van der Waals surface area contributed by atoms with E-state index >= 15 is 0 Å². The lowest BCUT2D eigenvalue weighted by Gasteiger charge is -2.20. The number of methoxy groups -OCH3 is 1. The zero-order chi connectivity index (χ0) is 19.2. The van der Waals surface area contributed by atoms with Gasteiger partial charge in [-0.15, -0.1) is 0 Å². The molecule has 2 amide bonds. The van der Waals surface area contributed by atoms with Crippen LogP contribution < -0.4 is 15.4 Å². The van der Waals surface area contributed by atoms with Crippen LogP contribution in [0.5, 0.6) is 5.75 Å². The van der Waals surface area contributed by atoms with Crippen LogP contribution in [0.3, 0.4) is 0 Å². The van der Waals surface area contributed by atoms with Crippen molar-refractivity contribution in [3.8, 4) is 5.75 Å². The van der Waals surface area contributed by atoms with E-state index in [0.29, 0.717) is 13.0 Å². The molecule has 0 bridgehead atoms. The molecule has 0 aliphatic rings. The van der Waals surface area contributed by atoms with Gasteiger partial charge in [0.15, 0.2) is 0 Å². The first-order valence-corrected chi connectivity index (χ1v) is 8.49. The minimum Gasteiger partial charge on any atom is -0.497 e. The van der Waals surface area contributed by atoms with Gasteiger partial charge in [-0.05, 0) is 57.0 Å². The summed E-state index contributed by atoms with van der Waals surface area (Å²) in [6.07, 6.45) is 0.674. The monoisotopic (exact) mass is 355 g/mol. The lowest BCUT2D eigenvalue weighted by molar-refractivity contribution is 0.0914. The Labute approximate surface area is 154 Å². The predicted octanol–water partition coefficient (Wildman–Crippen LogP) is 2.59. The highest BCUT2D eigenvalue weighted by atomic mass is 16.5. The van der Waals surface area contributed by atoms with Crippen LogP contribution in [0.1, 0.15) is 47.3 Å². The van der Waals surface area contributed by atoms with E-state index < -0.39 is 0 Å². The van der Waals surface area contributed by atoms with E-state index in [1.54, 1.807) is 25.3 Å². The molecule has 138 valence electrons. The summed E-state index contributed by atoms with van der Waals surface area (Å²) in [6, 6.07) is 12.5. The van der Waals surface area contributed by atoms with Crippen LogP contribution in [0.4, 0.5) is 0 Å². The van der Waals surface area contributed by atoms with Crippen molar-refractivity contribution in [3.05, 3.63) is 59.4 Å². The quantitative estimate of drug-likeness (QED) is 0.835. The molecule has 0 aliphatic carbocycles. The number of carbonyl (C=O) groups is 2. The van der Waals surface area contributed by atoms with Crippen molar-refractivity contribution >= 4 is 11.8 Å². The number of amides is 2. The van der Waals surface area contributed by atoms with Crippen molar-refractivity contribution in [1.82, 2.24) is 15.6 Å². The Morgan fingerprint density at radius 3 is 2.35 bits per heavy atom. The van der Waals surface area contributed by atoms with Crippen molar-refractivity contribution in [2.24, 2.45) is 0 Å². The first kappa shape index (κ1) is 19.4. The Morgan fingerprint density at radius 1 is 1.04 bits per heavy atom. The van der Waals surface area contributed by atoms with Gasteiger partial charge in [0, 0.05) is 12.1 Å². The summed E-state index contributed by atoms with van der Waals surface area (Å²) in [5.41, 5.74) is 1.14. The number of hydrogen-bond acceptors (Lipinski definition) is 4. The summed E-state index contributed by atoms with van der Waals surface area (Å²) in [7, 11) is 1.62. The molecule has 26 heavy (non-hydrogen) atoms. The molecule has 0 saturated heterocycles. The van der Waals surface area contributed by atoms with Crippen LogP contribution >= 0.6 is 0 Å². The van der Waals surface area contributed by atoms with Gasteiger partial charge in [-0.3, -0.25) is 9.59 Å². The molecule has 0 unspecified atom stereocenters. The molecule has 0 atom stereocenters. The van der Waals surface area contributed by atoms with Gasteiger partial charge < -0.3 is 15.4 Å². The van der Waals surface area contributed by atoms with Crippen LogP contribution in [0.25, 0.3) is 0 Å². The van der Waals surface area contributed by atoms with E-state index in [9.17, 15) is 9.59 Å². The Morgan fingerprint density at radius 2 is 1.69 bits per heavy atom. The number of nitrogens with one attached hydrogen (secondary N) is 2. The summed E-state index contributed by atoms with van der Waals surface area (Å²) in [5, 5.41) is 5.66. The Kier molecular flexibility index (Phi) is 6.33. The first-order valence-electron chi connectivity index (χ1n) is 8.49. The summed E-state index contributed by atoms with van der Waals surface area (Å²) in [6.45, 7) is 6.13. The van der Waals surface area contributed by atoms with E-state index in [1.807, 2.05) is 45.0 Å². The molecule has 2 rings (SSSR count). The number of carbonyl (C=O) groups excluding carboxylic acids is 2. The Balaban J connectivity index is 1.95. The van der Waals surface area contributed by atoms with E-state index in [-0.39, 0.29) is 28.7 Å². The van der Waals surface area contributed by atoms with Gasteiger partial charge in [0.1, 0.15) is 17.1 Å². The lowest BCUT2D eigenvalue weighted by Crippen LogP contribution is -2.41. The molecular weight excluding hydrogens is 330 g/mol. The third-order valence-electron chi connectivity index (χ3n) is 3.54. The molecule has 0 saturated carbocycles. The third-order valence-corrected chi connectivity index (χ3v) is 3.54.